The maximum Gasteiger partial charge on any atom is 0.348 e. The minimum absolute atomic E-state index is 0. The van der Waals surface area contributed by atoms with Crippen LogP contribution in [-0.4, -0.2) is 66.0 Å². The zero-order valence-electron chi connectivity index (χ0n) is 20.5. The van der Waals surface area contributed by atoms with Crippen molar-refractivity contribution in [3.8, 4) is 5.75 Å². The number of aromatic nitrogens is 1. The highest BCUT2D eigenvalue weighted by molar-refractivity contribution is 5.90. The van der Waals surface area contributed by atoms with Crippen LogP contribution < -0.4 is 27.0 Å². The Morgan fingerprint density at radius 3 is 2.49 bits per heavy atom. The number of methoxy groups -OCH3 is 1. The average Bonchev–Trinajstić information content (AvgIpc) is 3.41. The zero-order chi connectivity index (χ0) is 25.2. The van der Waals surface area contributed by atoms with Crippen LogP contribution in [0.4, 0.5) is 5.82 Å². The fourth-order valence-electron chi connectivity index (χ4n) is 5.57. The van der Waals surface area contributed by atoms with Crippen molar-refractivity contribution >= 4 is 17.7 Å². The molecule has 2 atom stereocenters. The predicted molar refractivity (Wildman–Crippen MR) is 130 cm³/mol. The number of fused-ring (bicyclic) bond motifs is 3. The molecule has 3 aliphatic heterocycles. The number of anilines is 1. The van der Waals surface area contributed by atoms with Crippen molar-refractivity contribution in [3.63, 3.8) is 0 Å². The Bertz CT molecular complexity index is 1210. The summed E-state index contributed by atoms with van der Waals surface area (Å²) >= 11 is 0. The van der Waals surface area contributed by atoms with Gasteiger partial charge < -0.3 is 45.9 Å². The number of nitrogens with zero attached hydrogens (tertiary/aromatic N) is 2. The summed E-state index contributed by atoms with van der Waals surface area (Å²) in [5, 5.41) is 18.4. The quantitative estimate of drug-likeness (QED) is 0.282. The molecule has 1 aromatic heterocycles. The van der Waals surface area contributed by atoms with Gasteiger partial charge in [0.25, 0.3) is 5.91 Å². The van der Waals surface area contributed by atoms with Gasteiger partial charge >= 0.3 is 5.97 Å². The van der Waals surface area contributed by atoms with Crippen molar-refractivity contribution < 1.29 is 50.2 Å². The minimum Gasteiger partial charge on any atom is -1.00 e. The zero-order valence-corrected chi connectivity index (χ0v) is 22.1. The second kappa shape index (κ2) is 11.0. The number of halogens is 1. The van der Waals surface area contributed by atoms with E-state index in [4.69, 9.17) is 14.0 Å². The number of benzene rings is 2. The van der Waals surface area contributed by atoms with Crippen LogP contribution in [0.5, 0.6) is 5.75 Å². The first kappa shape index (κ1) is 26.8. The lowest BCUT2D eigenvalue weighted by atomic mass is 9.82. The van der Waals surface area contributed by atoms with E-state index in [9.17, 15) is 14.7 Å². The van der Waals surface area contributed by atoms with E-state index in [2.05, 4.69) is 10.5 Å². The van der Waals surface area contributed by atoms with Gasteiger partial charge in [-0.25, -0.2) is 4.79 Å². The van der Waals surface area contributed by atoms with Gasteiger partial charge in [-0.05, 0) is 11.6 Å². The van der Waals surface area contributed by atoms with E-state index in [1.54, 1.807) is 54.6 Å². The second-order valence-electron chi connectivity index (χ2n) is 9.62. The highest BCUT2D eigenvalue weighted by Gasteiger charge is 2.51. The fourth-order valence-corrected chi connectivity index (χ4v) is 5.57. The highest BCUT2D eigenvalue weighted by Crippen LogP contribution is 2.40. The van der Waals surface area contributed by atoms with Crippen molar-refractivity contribution in [3.05, 3.63) is 78.1 Å². The van der Waals surface area contributed by atoms with E-state index in [0.717, 1.165) is 25.9 Å². The summed E-state index contributed by atoms with van der Waals surface area (Å²) in [5.74, 6) is 0.0390. The van der Waals surface area contributed by atoms with E-state index < -0.39 is 17.7 Å². The topological polar surface area (TPSA) is 111 Å². The van der Waals surface area contributed by atoms with Gasteiger partial charge in [-0.1, -0.05) is 53.7 Å². The summed E-state index contributed by atoms with van der Waals surface area (Å²) < 4.78 is 16.9. The van der Waals surface area contributed by atoms with Crippen LogP contribution in [0.15, 0.2) is 71.4 Å². The number of carbonyl (C=O) groups excluding carboxylic acids is 2. The third-order valence-corrected chi connectivity index (χ3v) is 7.47. The molecule has 0 saturated carbocycles. The maximum absolute atomic E-state index is 13.8. The summed E-state index contributed by atoms with van der Waals surface area (Å²) in [6.07, 6.45) is 2.67. The Kier molecular flexibility index (Phi) is 8.01. The van der Waals surface area contributed by atoms with Crippen LogP contribution in [0.2, 0.25) is 0 Å². The van der Waals surface area contributed by atoms with Crippen molar-refractivity contribution in [2.45, 2.75) is 24.5 Å². The molecule has 0 spiro atoms. The third-order valence-electron chi connectivity index (χ3n) is 7.47. The second-order valence-corrected chi connectivity index (χ2v) is 9.62. The molecule has 3 aliphatic rings. The van der Waals surface area contributed by atoms with Crippen LogP contribution in [0.3, 0.4) is 0 Å². The molecular weight excluding hydrogens is 542 g/mol. The number of hydrogen-bond acceptors (Lipinski definition) is 7. The number of esters is 1. The lowest BCUT2D eigenvalue weighted by Crippen LogP contribution is -3.00. The number of rotatable bonds is 8. The molecule has 2 bridgehead atoms. The predicted octanol–water partition coefficient (Wildman–Crippen LogP) is -0.286. The van der Waals surface area contributed by atoms with Crippen molar-refractivity contribution in [1.29, 1.82) is 0 Å². The van der Waals surface area contributed by atoms with Gasteiger partial charge in [-0.15, -0.1) is 0 Å². The lowest BCUT2D eigenvalue weighted by Gasteiger charge is -2.51. The van der Waals surface area contributed by atoms with Crippen LogP contribution >= 0.6 is 0 Å². The number of amides is 1. The maximum atomic E-state index is 13.8. The van der Waals surface area contributed by atoms with Crippen LogP contribution in [0.25, 0.3) is 0 Å². The van der Waals surface area contributed by atoms with Gasteiger partial charge in [0.15, 0.2) is 18.5 Å². The number of piperidine rings is 3. The van der Waals surface area contributed by atoms with E-state index in [-0.39, 0.29) is 35.4 Å². The van der Waals surface area contributed by atoms with Gasteiger partial charge in [-0.2, -0.15) is 0 Å². The number of aliphatic hydroxyl groups is 1. The molecule has 1 amide bonds. The van der Waals surface area contributed by atoms with E-state index in [1.165, 1.54) is 13.4 Å². The van der Waals surface area contributed by atoms with E-state index in [1.807, 2.05) is 6.07 Å². The Hall–Kier alpha value is -3.21. The summed E-state index contributed by atoms with van der Waals surface area (Å²) in [4.78, 5) is 26.5. The number of quaternary nitrogens is 1. The molecule has 1 unspecified atom stereocenters. The largest absolute Gasteiger partial charge is 1.00 e. The Balaban J connectivity index is 0.00000320. The van der Waals surface area contributed by atoms with Crippen LogP contribution in [-0.2, 0) is 19.9 Å². The molecular formula is C27H30BrN3O6. The van der Waals surface area contributed by atoms with Gasteiger partial charge in [0.05, 0.1) is 20.2 Å². The van der Waals surface area contributed by atoms with Gasteiger partial charge in [-0.3, -0.25) is 4.79 Å². The molecule has 2 N–H and O–H groups in total. The smallest absolute Gasteiger partial charge is 0.348 e. The average molecular weight is 572 g/mol. The van der Waals surface area contributed by atoms with Crippen LogP contribution in [0.1, 0.15) is 24.0 Å². The first-order chi connectivity index (χ1) is 17.4. The first-order valence-electron chi connectivity index (χ1n) is 12.1. The molecule has 3 aromatic rings. The summed E-state index contributed by atoms with van der Waals surface area (Å²) in [5.41, 5.74) is -1.33. The van der Waals surface area contributed by atoms with Gasteiger partial charge in [0.2, 0.25) is 5.60 Å². The molecule has 6 rings (SSSR count). The van der Waals surface area contributed by atoms with E-state index in [0.29, 0.717) is 33.7 Å². The van der Waals surface area contributed by atoms with Crippen molar-refractivity contribution in [2.75, 3.05) is 38.6 Å². The molecule has 9 nitrogen and oxygen atoms in total. The lowest BCUT2D eigenvalue weighted by molar-refractivity contribution is -0.939. The number of nitrogens with one attached hydrogen (secondary N) is 1. The first-order valence-corrected chi connectivity index (χ1v) is 12.1. The Morgan fingerprint density at radius 1 is 1.11 bits per heavy atom. The molecule has 0 aliphatic carbocycles. The van der Waals surface area contributed by atoms with Crippen LogP contribution in [0, 0.1) is 5.92 Å². The molecule has 2 aromatic carbocycles. The Labute approximate surface area is 225 Å². The summed E-state index contributed by atoms with van der Waals surface area (Å²) in [7, 11) is 1.50. The molecule has 3 saturated heterocycles. The summed E-state index contributed by atoms with van der Waals surface area (Å²) in [6.45, 7) is 2.43. The standard InChI is InChI=1S/C27H29N3O6.BrH/c1-34-22-10-6-5-9-21(22)27(33,20-7-3-2-4-8-20)26(32)36-23-17-30(14-11-19(23)12-15-30)18-25(31)28-24-13-16-35-29-24;/h2-10,13,16,19,23,33H,11-12,14-15,17-18H2,1H3;1H/t19?,23?,27-,30?;/m1./s1. The van der Waals surface area contributed by atoms with Gasteiger partial charge in [0, 0.05) is 30.4 Å². The molecule has 196 valence electrons. The molecule has 10 heteroatoms. The minimum atomic E-state index is -2.05. The van der Waals surface area contributed by atoms with Crippen molar-refractivity contribution in [2.24, 2.45) is 5.92 Å². The Morgan fingerprint density at radius 2 is 1.81 bits per heavy atom. The molecule has 0 radical (unpaired) electrons. The normalized spacial score (nSPS) is 23.8. The summed E-state index contributed by atoms with van der Waals surface area (Å²) in [6, 6.07) is 17.3. The third kappa shape index (κ3) is 5.27. The van der Waals surface area contributed by atoms with E-state index >= 15 is 0 Å². The highest BCUT2D eigenvalue weighted by atomic mass is 79.9. The fraction of sp³-hybridized carbons (Fsp3) is 0.370. The van der Waals surface area contributed by atoms with Gasteiger partial charge in [0.1, 0.15) is 18.6 Å². The molecule has 37 heavy (non-hydrogen) atoms. The SMILES string of the molecule is COc1ccccc1[C@@](O)(C(=O)OC1C[N+]2(CC(=O)Nc3ccon3)CCC1CC2)c1ccccc1.[Br-]. The number of para-hydroxylation sites is 1. The monoisotopic (exact) mass is 571 g/mol. The number of hydrogen-bond donors (Lipinski definition) is 2. The molecule has 4 heterocycles. The molecule has 3 fully saturated rings. The number of ether oxygens (including phenoxy) is 2. The number of carbonyl (C=O) groups is 2. The van der Waals surface area contributed by atoms with Crippen molar-refractivity contribution in [1.82, 2.24) is 5.16 Å².